The second kappa shape index (κ2) is 12.3. The Morgan fingerprint density at radius 3 is 2.70 bits per heavy atom. The second-order valence-corrected chi connectivity index (χ2v) is 9.50. The summed E-state index contributed by atoms with van der Waals surface area (Å²) in [5.74, 6) is 0.0442. The van der Waals surface area contributed by atoms with Gasteiger partial charge in [0.05, 0.1) is 12.1 Å². The lowest BCUT2D eigenvalue weighted by atomic mass is 9.79. The Kier molecular flexibility index (Phi) is 9.44. The third-order valence-electron chi connectivity index (χ3n) is 7.24. The van der Waals surface area contributed by atoms with Crippen LogP contribution in [-0.2, 0) is 20.8 Å². The number of likely N-dealkylation sites (N-methyl/N-ethyl adjacent to an activating group) is 1. The molecule has 1 aromatic rings. The summed E-state index contributed by atoms with van der Waals surface area (Å²) < 4.78 is 0. The lowest BCUT2D eigenvalue weighted by Gasteiger charge is -2.31. The van der Waals surface area contributed by atoms with Crippen molar-refractivity contribution in [3.8, 4) is 0 Å². The average Bonchev–Trinajstić information content (AvgIpc) is 3.33. The topological polar surface area (TPSA) is 105 Å². The van der Waals surface area contributed by atoms with Gasteiger partial charge in [-0.05, 0) is 88.9 Å². The van der Waals surface area contributed by atoms with Crippen molar-refractivity contribution in [3.63, 3.8) is 0 Å². The van der Waals surface area contributed by atoms with Gasteiger partial charge in [-0.25, -0.2) is 0 Å². The van der Waals surface area contributed by atoms with E-state index < -0.39 is 12.1 Å². The van der Waals surface area contributed by atoms with Crippen molar-refractivity contribution in [3.05, 3.63) is 35.4 Å². The number of unbranched alkanes of at least 4 members (excludes halogenated alkanes) is 1. The molecule has 1 heterocycles. The van der Waals surface area contributed by atoms with Gasteiger partial charge < -0.3 is 21.3 Å². The molecule has 1 fully saturated rings. The molecule has 1 aliphatic carbocycles. The number of nitrogens with two attached hydrogens (primary N) is 1. The molecule has 2 aliphatic rings. The Balaban J connectivity index is 1.69. The highest BCUT2D eigenvalue weighted by Gasteiger charge is 2.38. The van der Waals surface area contributed by atoms with Crippen LogP contribution in [0.25, 0.3) is 0 Å². The number of nitrogens with zero attached hydrogens (tertiary/aromatic N) is 1. The number of hydrogen-bond acceptors (Lipinski definition) is 5. The molecule has 7 nitrogen and oxygen atoms in total. The van der Waals surface area contributed by atoms with Gasteiger partial charge in [0.2, 0.25) is 11.8 Å². The number of aryl methyl sites for hydroxylation is 1. The SMILES string of the molecule is CN[C@@H](C)C(=O)N[C@@H](CCCCN)C(=O)N1CCC[C@H]1C(=O)C[C@@H]1CCCc2ccccc21. The third kappa shape index (κ3) is 6.42. The molecule has 2 amide bonds. The van der Waals surface area contributed by atoms with E-state index in [1.54, 1.807) is 18.9 Å². The molecule has 7 heteroatoms. The molecule has 4 N–H and O–H groups in total. The van der Waals surface area contributed by atoms with Crippen molar-refractivity contribution in [1.82, 2.24) is 15.5 Å². The number of carbonyl (C=O) groups excluding carboxylic acids is 3. The van der Waals surface area contributed by atoms with E-state index in [1.807, 2.05) is 6.07 Å². The van der Waals surface area contributed by atoms with Crippen molar-refractivity contribution in [2.45, 2.75) is 88.8 Å². The Hall–Kier alpha value is -2.25. The number of benzene rings is 1. The number of Topliss-reactive ketones (excluding diaryl/α,β-unsaturated/α-hetero) is 1. The third-order valence-corrected chi connectivity index (χ3v) is 7.24. The first kappa shape index (κ1) is 25.4. The highest BCUT2D eigenvalue weighted by molar-refractivity contribution is 5.94. The smallest absolute Gasteiger partial charge is 0.245 e. The lowest BCUT2D eigenvalue weighted by molar-refractivity contribution is -0.141. The second-order valence-electron chi connectivity index (χ2n) is 9.50. The molecule has 1 saturated heterocycles. The van der Waals surface area contributed by atoms with Crippen molar-refractivity contribution in [2.24, 2.45) is 5.73 Å². The number of nitrogens with one attached hydrogen (secondary N) is 2. The minimum absolute atomic E-state index is 0.136. The summed E-state index contributed by atoms with van der Waals surface area (Å²) in [6.45, 7) is 2.89. The van der Waals surface area contributed by atoms with Gasteiger partial charge in [-0.1, -0.05) is 24.3 Å². The zero-order valence-corrected chi connectivity index (χ0v) is 20.1. The zero-order valence-electron chi connectivity index (χ0n) is 20.1. The molecule has 1 aliphatic heterocycles. The molecule has 182 valence electrons. The predicted octanol–water partition coefficient (Wildman–Crippen LogP) is 2.28. The van der Waals surface area contributed by atoms with Crippen LogP contribution in [0, 0.1) is 0 Å². The van der Waals surface area contributed by atoms with Crippen LogP contribution < -0.4 is 16.4 Å². The summed E-state index contributed by atoms with van der Waals surface area (Å²) in [4.78, 5) is 41.1. The maximum atomic E-state index is 13.5. The van der Waals surface area contributed by atoms with Gasteiger partial charge in [-0.2, -0.15) is 0 Å². The first-order valence-electron chi connectivity index (χ1n) is 12.5. The lowest BCUT2D eigenvalue weighted by Crippen LogP contribution is -2.54. The molecule has 4 atom stereocenters. The fourth-order valence-electron chi connectivity index (χ4n) is 5.19. The predicted molar refractivity (Wildman–Crippen MR) is 130 cm³/mol. The monoisotopic (exact) mass is 456 g/mol. The van der Waals surface area contributed by atoms with Crippen molar-refractivity contribution in [1.29, 1.82) is 0 Å². The van der Waals surface area contributed by atoms with Crippen LogP contribution in [0.5, 0.6) is 0 Å². The number of amides is 2. The molecule has 0 aromatic heterocycles. The van der Waals surface area contributed by atoms with Gasteiger partial charge in [-0.15, -0.1) is 0 Å². The number of rotatable bonds is 11. The summed E-state index contributed by atoms with van der Waals surface area (Å²) in [5.41, 5.74) is 8.27. The summed E-state index contributed by atoms with van der Waals surface area (Å²) in [7, 11) is 1.72. The van der Waals surface area contributed by atoms with Crippen LogP contribution in [0.2, 0.25) is 0 Å². The Labute approximate surface area is 197 Å². The summed E-state index contributed by atoms with van der Waals surface area (Å²) in [5, 5.41) is 5.83. The van der Waals surface area contributed by atoms with Gasteiger partial charge in [0.1, 0.15) is 6.04 Å². The first-order valence-corrected chi connectivity index (χ1v) is 12.5. The largest absolute Gasteiger partial charge is 0.343 e. The maximum Gasteiger partial charge on any atom is 0.245 e. The van der Waals surface area contributed by atoms with Crippen LogP contribution >= 0.6 is 0 Å². The van der Waals surface area contributed by atoms with E-state index in [4.69, 9.17) is 5.73 Å². The normalized spacial score (nSPS) is 21.8. The van der Waals surface area contributed by atoms with Gasteiger partial charge in [-0.3, -0.25) is 14.4 Å². The molecule has 0 spiro atoms. The van der Waals surface area contributed by atoms with Gasteiger partial charge in [0.15, 0.2) is 5.78 Å². The van der Waals surface area contributed by atoms with Crippen molar-refractivity contribution in [2.75, 3.05) is 20.1 Å². The standard InChI is InChI=1S/C26H40N4O3/c1-18(28-2)25(32)29-22(13-5-6-15-27)26(33)30-16-8-14-23(30)24(31)17-20-11-7-10-19-9-3-4-12-21(19)20/h3-4,9,12,18,20,22-23,28H,5-8,10-11,13-17,27H2,1-2H3,(H,29,32)/t18-,20-,22-,23-/m0/s1. The minimum Gasteiger partial charge on any atom is -0.343 e. The summed E-state index contributed by atoms with van der Waals surface area (Å²) in [6.07, 6.45) is 7.28. The Morgan fingerprint density at radius 1 is 1.15 bits per heavy atom. The highest BCUT2D eigenvalue weighted by atomic mass is 16.2. The molecular weight excluding hydrogens is 416 g/mol. The van der Waals surface area contributed by atoms with Crippen molar-refractivity contribution >= 4 is 17.6 Å². The van der Waals surface area contributed by atoms with Gasteiger partial charge in [0.25, 0.3) is 0 Å². The fourth-order valence-corrected chi connectivity index (χ4v) is 5.19. The fraction of sp³-hybridized carbons (Fsp3) is 0.654. The van der Waals surface area contributed by atoms with Crippen LogP contribution in [0.4, 0.5) is 0 Å². The van der Waals surface area contributed by atoms with Gasteiger partial charge >= 0.3 is 0 Å². The van der Waals surface area contributed by atoms with Crippen LogP contribution in [0.15, 0.2) is 24.3 Å². The molecule has 0 radical (unpaired) electrons. The van der Waals surface area contributed by atoms with Crippen LogP contribution in [-0.4, -0.2) is 60.8 Å². The molecule has 3 rings (SSSR count). The number of fused-ring (bicyclic) bond motifs is 1. The highest BCUT2D eigenvalue weighted by Crippen LogP contribution is 2.35. The Bertz CT molecular complexity index is 828. The molecular formula is C26H40N4O3. The molecule has 33 heavy (non-hydrogen) atoms. The van der Waals surface area contributed by atoms with E-state index >= 15 is 0 Å². The van der Waals surface area contributed by atoms with Crippen LogP contribution in [0.3, 0.4) is 0 Å². The van der Waals surface area contributed by atoms with Crippen molar-refractivity contribution < 1.29 is 14.4 Å². The first-order chi connectivity index (χ1) is 16.0. The number of ketones is 1. The number of carbonyl (C=O) groups is 3. The van der Waals surface area contributed by atoms with Gasteiger partial charge in [0, 0.05) is 13.0 Å². The molecule has 0 unspecified atom stereocenters. The quantitative estimate of drug-likeness (QED) is 0.443. The summed E-state index contributed by atoms with van der Waals surface area (Å²) in [6, 6.07) is 7.03. The van der Waals surface area contributed by atoms with E-state index in [2.05, 4.69) is 28.8 Å². The van der Waals surface area contributed by atoms with Crippen LogP contribution in [0.1, 0.15) is 75.3 Å². The minimum atomic E-state index is -0.622. The molecule has 0 bridgehead atoms. The van der Waals surface area contributed by atoms with E-state index in [0.717, 1.165) is 38.5 Å². The summed E-state index contributed by atoms with van der Waals surface area (Å²) >= 11 is 0. The zero-order chi connectivity index (χ0) is 23.8. The van der Waals surface area contributed by atoms with E-state index in [0.29, 0.717) is 32.4 Å². The molecule has 1 aromatic carbocycles. The number of likely N-dealkylation sites (tertiary alicyclic amines) is 1. The Morgan fingerprint density at radius 2 is 1.94 bits per heavy atom. The maximum absolute atomic E-state index is 13.5. The van der Waals surface area contributed by atoms with E-state index in [9.17, 15) is 14.4 Å². The average molecular weight is 457 g/mol. The number of hydrogen-bond donors (Lipinski definition) is 3. The molecule has 0 saturated carbocycles. The van der Waals surface area contributed by atoms with E-state index in [-0.39, 0.29) is 29.6 Å². The van der Waals surface area contributed by atoms with E-state index in [1.165, 1.54) is 11.1 Å².